The first-order valence-corrected chi connectivity index (χ1v) is 6.83. The number of benzene rings is 2. The number of hydrogen-bond donors (Lipinski definition) is 3. The summed E-state index contributed by atoms with van der Waals surface area (Å²) in [6.45, 7) is -0.146. The second-order valence-corrected chi connectivity index (χ2v) is 4.86. The summed E-state index contributed by atoms with van der Waals surface area (Å²) in [5.74, 6) is 0.0715. The van der Waals surface area contributed by atoms with Gasteiger partial charge in [-0.15, -0.1) is 0 Å². The standard InChI is InChI=1S/C16H16F3N3O/c17-16(18,19)12-6-4-5-11(9-12)14(23)10-21-15(20)22-13-7-2-1-3-8-13/h1-9,14,23H,10H2,(H3,20,21,22). The maximum Gasteiger partial charge on any atom is 0.416 e. The Labute approximate surface area is 131 Å². The highest BCUT2D eigenvalue weighted by atomic mass is 19.4. The number of guanidine groups is 1. The van der Waals surface area contributed by atoms with E-state index >= 15 is 0 Å². The van der Waals surface area contributed by atoms with Crippen molar-refractivity contribution in [2.75, 3.05) is 11.9 Å². The van der Waals surface area contributed by atoms with Crippen LogP contribution in [0, 0.1) is 0 Å². The van der Waals surface area contributed by atoms with Gasteiger partial charge < -0.3 is 16.2 Å². The Bertz CT molecular complexity index is 672. The zero-order valence-corrected chi connectivity index (χ0v) is 12.1. The highest BCUT2D eigenvalue weighted by molar-refractivity contribution is 5.92. The Morgan fingerprint density at radius 3 is 2.48 bits per heavy atom. The lowest BCUT2D eigenvalue weighted by Gasteiger charge is -2.12. The van der Waals surface area contributed by atoms with Gasteiger partial charge >= 0.3 is 6.18 Å². The fourth-order valence-electron chi connectivity index (χ4n) is 1.92. The van der Waals surface area contributed by atoms with E-state index in [1.54, 1.807) is 12.1 Å². The van der Waals surface area contributed by atoms with Crippen LogP contribution in [0.25, 0.3) is 0 Å². The van der Waals surface area contributed by atoms with E-state index in [0.29, 0.717) is 0 Å². The molecule has 0 amide bonds. The van der Waals surface area contributed by atoms with Crippen LogP contribution < -0.4 is 11.1 Å². The molecule has 0 saturated carbocycles. The fourth-order valence-corrected chi connectivity index (χ4v) is 1.92. The van der Waals surface area contributed by atoms with Gasteiger partial charge in [0.25, 0.3) is 0 Å². The molecule has 23 heavy (non-hydrogen) atoms. The number of alkyl halides is 3. The summed E-state index contributed by atoms with van der Waals surface area (Å²) in [7, 11) is 0. The third-order valence-corrected chi connectivity index (χ3v) is 3.08. The summed E-state index contributed by atoms with van der Waals surface area (Å²) >= 11 is 0. The number of halogens is 3. The van der Waals surface area contributed by atoms with Crippen molar-refractivity contribution < 1.29 is 18.3 Å². The molecule has 0 fully saturated rings. The van der Waals surface area contributed by atoms with Gasteiger partial charge in [-0.05, 0) is 29.8 Å². The number of aliphatic hydroxyl groups excluding tert-OH is 1. The van der Waals surface area contributed by atoms with E-state index in [4.69, 9.17) is 5.73 Å². The number of nitrogens with two attached hydrogens (primary N) is 1. The van der Waals surface area contributed by atoms with E-state index < -0.39 is 17.8 Å². The Hall–Kier alpha value is -2.54. The largest absolute Gasteiger partial charge is 0.416 e. The van der Waals surface area contributed by atoms with E-state index in [2.05, 4.69) is 10.3 Å². The van der Waals surface area contributed by atoms with Crippen LogP contribution in [0.5, 0.6) is 0 Å². The minimum absolute atomic E-state index is 0.0715. The van der Waals surface area contributed by atoms with Crippen LogP contribution in [0.15, 0.2) is 59.6 Å². The van der Waals surface area contributed by atoms with Crippen molar-refractivity contribution in [3.63, 3.8) is 0 Å². The van der Waals surface area contributed by atoms with Gasteiger partial charge in [0.1, 0.15) is 0 Å². The predicted molar refractivity (Wildman–Crippen MR) is 83.0 cm³/mol. The molecule has 0 aliphatic rings. The van der Waals surface area contributed by atoms with Crippen molar-refractivity contribution in [1.82, 2.24) is 0 Å². The Kier molecular flexibility index (Phi) is 5.23. The number of rotatable bonds is 4. The molecule has 2 aromatic rings. The van der Waals surface area contributed by atoms with Gasteiger partial charge in [-0.3, -0.25) is 4.99 Å². The molecule has 0 aliphatic carbocycles. The SMILES string of the molecule is NC(=NCC(O)c1cccc(C(F)(F)F)c1)Nc1ccccc1. The van der Waals surface area contributed by atoms with Gasteiger partial charge in [-0.25, -0.2) is 0 Å². The predicted octanol–water partition coefficient (Wildman–Crippen LogP) is 3.17. The second-order valence-electron chi connectivity index (χ2n) is 4.86. The maximum atomic E-state index is 12.6. The number of para-hydroxylation sites is 1. The van der Waals surface area contributed by atoms with Gasteiger partial charge in [0.15, 0.2) is 5.96 Å². The molecule has 2 rings (SSSR count). The molecule has 0 radical (unpaired) electrons. The molecule has 4 nitrogen and oxygen atoms in total. The zero-order chi connectivity index (χ0) is 16.9. The lowest BCUT2D eigenvalue weighted by molar-refractivity contribution is -0.137. The minimum Gasteiger partial charge on any atom is -0.386 e. The molecule has 1 atom stereocenters. The number of aliphatic imine (C=N–C) groups is 1. The number of hydrogen-bond acceptors (Lipinski definition) is 2. The zero-order valence-electron chi connectivity index (χ0n) is 12.1. The molecule has 0 heterocycles. The molecular weight excluding hydrogens is 307 g/mol. The van der Waals surface area contributed by atoms with E-state index in [1.165, 1.54) is 12.1 Å². The van der Waals surface area contributed by atoms with Gasteiger partial charge in [-0.1, -0.05) is 30.3 Å². The van der Waals surface area contributed by atoms with Gasteiger partial charge in [0.2, 0.25) is 0 Å². The van der Waals surface area contributed by atoms with Crippen molar-refractivity contribution in [2.24, 2.45) is 10.7 Å². The molecule has 0 bridgehead atoms. The van der Waals surface area contributed by atoms with Crippen LogP contribution in [0.2, 0.25) is 0 Å². The van der Waals surface area contributed by atoms with Crippen LogP contribution in [0.1, 0.15) is 17.2 Å². The van der Waals surface area contributed by atoms with Crippen LogP contribution in [-0.2, 0) is 6.18 Å². The van der Waals surface area contributed by atoms with Crippen molar-refractivity contribution in [1.29, 1.82) is 0 Å². The molecule has 122 valence electrons. The molecule has 0 aliphatic heterocycles. The molecule has 0 aromatic heterocycles. The van der Waals surface area contributed by atoms with E-state index in [9.17, 15) is 18.3 Å². The average Bonchev–Trinajstić information content (AvgIpc) is 2.53. The third kappa shape index (κ3) is 5.00. The Balaban J connectivity index is 2.01. The first-order chi connectivity index (χ1) is 10.9. The molecule has 1 unspecified atom stereocenters. The number of nitrogens with one attached hydrogen (secondary N) is 1. The van der Waals surface area contributed by atoms with E-state index in [0.717, 1.165) is 17.8 Å². The van der Waals surface area contributed by atoms with Crippen LogP contribution in [0.4, 0.5) is 18.9 Å². The molecular formula is C16H16F3N3O. The molecule has 7 heteroatoms. The summed E-state index contributed by atoms with van der Waals surface area (Å²) in [6, 6.07) is 13.5. The van der Waals surface area contributed by atoms with E-state index in [1.807, 2.05) is 18.2 Å². The Morgan fingerprint density at radius 2 is 1.83 bits per heavy atom. The quantitative estimate of drug-likeness (QED) is 0.598. The van der Waals surface area contributed by atoms with Crippen molar-refractivity contribution in [3.05, 3.63) is 65.7 Å². The minimum atomic E-state index is -4.45. The van der Waals surface area contributed by atoms with Gasteiger partial charge in [0, 0.05) is 5.69 Å². The highest BCUT2D eigenvalue weighted by Gasteiger charge is 2.30. The summed E-state index contributed by atoms with van der Waals surface area (Å²) in [4.78, 5) is 3.94. The maximum absolute atomic E-state index is 12.6. The molecule has 2 aromatic carbocycles. The third-order valence-electron chi connectivity index (χ3n) is 3.08. The van der Waals surface area contributed by atoms with E-state index in [-0.39, 0.29) is 18.1 Å². The first-order valence-electron chi connectivity index (χ1n) is 6.83. The molecule has 4 N–H and O–H groups in total. The number of nitrogens with zero attached hydrogens (tertiary/aromatic N) is 1. The van der Waals surface area contributed by atoms with Crippen molar-refractivity contribution in [2.45, 2.75) is 12.3 Å². The highest BCUT2D eigenvalue weighted by Crippen LogP contribution is 2.30. The lowest BCUT2D eigenvalue weighted by atomic mass is 10.1. The van der Waals surface area contributed by atoms with Crippen molar-refractivity contribution >= 4 is 11.6 Å². The summed E-state index contributed by atoms with van der Waals surface area (Å²) < 4.78 is 37.9. The van der Waals surface area contributed by atoms with Crippen LogP contribution in [-0.4, -0.2) is 17.6 Å². The van der Waals surface area contributed by atoms with Gasteiger partial charge in [0.05, 0.1) is 18.2 Å². The van der Waals surface area contributed by atoms with Crippen LogP contribution in [0.3, 0.4) is 0 Å². The topological polar surface area (TPSA) is 70.6 Å². The van der Waals surface area contributed by atoms with Crippen molar-refractivity contribution in [3.8, 4) is 0 Å². The number of anilines is 1. The Morgan fingerprint density at radius 1 is 1.13 bits per heavy atom. The summed E-state index contributed by atoms with van der Waals surface area (Å²) in [5.41, 5.74) is 5.73. The lowest BCUT2D eigenvalue weighted by Crippen LogP contribution is -2.23. The second kappa shape index (κ2) is 7.15. The average molecular weight is 323 g/mol. The fraction of sp³-hybridized carbons (Fsp3) is 0.188. The van der Waals surface area contributed by atoms with Gasteiger partial charge in [-0.2, -0.15) is 13.2 Å². The molecule has 0 spiro atoms. The number of aliphatic hydroxyl groups is 1. The monoisotopic (exact) mass is 323 g/mol. The van der Waals surface area contributed by atoms with Crippen LogP contribution >= 0.6 is 0 Å². The normalized spacial score (nSPS) is 13.7. The summed E-state index contributed by atoms with van der Waals surface area (Å²) in [5, 5.41) is 12.8. The first kappa shape index (κ1) is 16.8. The summed E-state index contributed by atoms with van der Waals surface area (Å²) in [6.07, 6.45) is -5.62. The smallest absolute Gasteiger partial charge is 0.386 e. The molecule has 0 saturated heterocycles.